The van der Waals surface area contributed by atoms with E-state index in [0.29, 0.717) is 12.3 Å². The van der Waals surface area contributed by atoms with Crippen molar-refractivity contribution in [2.45, 2.75) is 90.4 Å². The predicted molar refractivity (Wildman–Crippen MR) is 82.2 cm³/mol. The van der Waals surface area contributed by atoms with Crippen molar-refractivity contribution in [3.63, 3.8) is 0 Å². The van der Waals surface area contributed by atoms with Crippen LogP contribution in [-0.4, -0.2) is 11.1 Å². The Labute approximate surface area is 120 Å². The molecule has 0 spiro atoms. The van der Waals surface area contributed by atoms with Crippen LogP contribution in [0.5, 0.6) is 0 Å². The summed E-state index contributed by atoms with van der Waals surface area (Å²) in [5.74, 6) is -0.0469. The molecular formula is C17H33O2. The first-order chi connectivity index (χ1) is 9.13. The number of carboxylic acids is 1. The lowest BCUT2D eigenvalue weighted by Gasteiger charge is -2.04. The number of aliphatic carboxylic acids is 1. The Morgan fingerprint density at radius 3 is 1.58 bits per heavy atom. The number of hydrogen-bond acceptors (Lipinski definition) is 1. The van der Waals surface area contributed by atoms with Crippen molar-refractivity contribution in [1.29, 1.82) is 0 Å². The molecule has 0 aliphatic rings. The lowest BCUT2D eigenvalue weighted by Crippen LogP contribution is -1.93. The molecule has 1 atom stereocenters. The van der Waals surface area contributed by atoms with Gasteiger partial charge in [-0.2, -0.15) is 0 Å². The third kappa shape index (κ3) is 17.5. The van der Waals surface area contributed by atoms with Crippen molar-refractivity contribution in [1.82, 2.24) is 0 Å². The van der Waals surface area contributed by atoms with Gasteiger partial charge in [0.1, 0.15) is 0 Å². The second-order valence-corrected chi connectivity index (χ2v) is 5.93. The minimum Gasteiger partial charge on any atom is -0.481 e. The first-order valence-corrected chi connectivity index (χ1v) is 8.18. The third-order valence-electron chi connectivity index (χ3n) is 3.59. The SMILES string of the molecule is [CH2]C(C)CCCCCCCCCCCCCC(=O)O. The van der Waals surface area contributed by atoms with Crippen LogP contribution in [0.3, 0.4) is 0 Å². The zero-order valence-corrected chi connectivity index (χ0v) is 12.8. The summed E-state index contributed by atoms with van der Waals surface area (Å²) >= 11 is 0. The predicted octanol–water partition coefficient (Wildman–Crippen LogP) is 5.61. The Morgan fingerprint density at radius 2 is 1.21 bits per heavy atom. The second kappa shape index (κ2) is 13.9. The Bertz CT molecular complexity index is 199. The molecule has 0 fully saturated rings. The van der Waals surface area contributed by atoms with Crippen molar-refractivity contribution in [3.05, 3.63) is 6.92 Å². The highest BCUT2D eigenvalue weighted by Crippen LogP contribution is 2.13. The molecule has 113 valence electrons. The summed E-state index contributed by atoms with van der Waals surface area (Å²) in [4.78, 5) is 10.3. The molecule has 0 amide bonds. The van der Waals surface area contributed by atoms with Crippen LogP contribution < -0.4 is 0 Å². The normalized spacial score (nSPS) is 11.1. The highest BCUT2D eigenvalue weighted by atomic mass is 16.4. The van der Waals surface area contributed by atoms with Gasteiger partial charge in [0.25, 0.3) is 0 Å². The van der Waals surface area contributed by atoms with Gasteiger partial charge in [-0.3, -0.25) is 4.79 Å². The minimum absolute atomic E-state index is 0.339. The molecule has 0 aromatic heterocycles. The maximum Gasteiger partial charge on any atom is 0.303 e. The Morgan fingerprint density at radius 1 is 0.842 bits per heavy atom. The van der Waals surface area contributed by atoms with Crippen LogP contribution in [0.4, 0.5) is 0 Å². The van der Waals surface area contributed by atoms with Gasteiger partial charge in [0, 0.05) is 6.42 Å². The van der Waals surface area contributed by atoms with Crippen molar-refractivity contribution in [2.75, 3.05) is 0 Å². The van der Waals surface area contributed by atoms with Crippen LogP contribution in [0.2, 0.25) is 0 Å². The van der Waals surface area contributed by atoms with Gasteiger partial charge >= 0.3 is 5.97 Å². The van der Waals surface area contributed by atoms with Crippen LogP contribution >= 0.6 is 0 Å². The Kier molecular flexibility index (Phi) is 13.5. The highest BCUT2D eigenvalue weighted by Gasteiger charge is 1.97. The zero-order valence-electron chi connectivity index (χ0n) is 12.8. The molecule has 0 rings (SSSR count). The molecule has 2 heteroatoms. The van der Waals surface area contributed by atoms with E-state index in [9.17, 15) is 4.79 Å². The van der Waals surface area contributed by atoms with Gasteiger partial charge < -0.3 is 5.11 Å². The van der Waals surface area contributed by atoms with E-state index in [1.54, 1.807) is 0 Å². The number of hydrogen-bond donors (Lipinski definition) is 1. The molecule has 2 nitrogen and oxygen atoms in total. The molecule has 19 heavy (non-hydrogen) atoms. The summed E-state index contributed by atoms with van der Waals surface area (Å²) in [5, 5.41) is 8.50. The van der Waals surface area contributed by atoms with Crippen molar-refractivity contribution in [2.24, 2.45) is 5.92 Å². The smallest absolute Gasteiger partial charge is 0.303 e. The number of rotatable bonds is 14. The van der Waals surface area contributed by atoms with E-state index in [4.69, 9.17) is 5.11 Å². The lowest BCUT2D eigenvalue weighted by atomic mass is 10.0. The lowest BCUT2D eigenvalue weighted by molar-refractivity contribution is -0.137. The molecule has 0 bridgehead atoms. The summed E-state index contributed by atoms with van der Waals surface area (Å²) in [6, 6.07) is 0. The molecule has 1 unspecified atom stereocenters. The minimum atomic E-state index is -0.659. The summed E-state index contributed by atoms with van der Waals surface area (Å²) in [6.45, 7) is 6.20. The van der Waals surface area contributed by atoms with E-state index >= 15 is 0 Å². The Balaban J connectivity index is 2.97. The maximum absolute atomic E-state index is 10.3. The molecule has 0 aliphatic heterocycles. The van der Waals surface area contributed by atoms with E-state index < -0.39 is 5.97 Å². The summed E-state index contributed by atoms with van der Waals surface area (Å²) in [6.07, 6.45) is 15.5. The van der Waals surface area contributed by atoms with Gasteiger partial charge in [0.15, 0.2) is 0 Å². The quantitative estimate of drug-likeness (QED) is 0.416. The van der Waals surface area contributed by atoms with Crippen LogP contribution in [0.25, 0.3) is 0 Å². The molecule has 0 aromatic carbocycles. The fraction of sp³-hybridized carbons (Fsp3) is 0.882. The van der Waals surface area contributed by atoms with E-state index in [-0.39, 0.29) is 0 Å². The van der Waals surface area contributed by atoms with Crippen LogP contribution in [-0.2, 0) is 4.79 Å². The first kappa shape index (κ1) is 18.5. The number of carboxylic acid groups (broad SMARTS) is 1. The molecular weight excluding hydrogens is 236 g/mol. The fourth-order valence-corrected chi connectivity index (χ4v) is 2.36. The maximum atomic E-state index is 10.3. The molecule has 1 N–H and O–H groups in total. The average molecular weight is 269 g/mol. The second-order valence-electron chi connectivity index (χ2n) is 5.93. The van der Waals surface area contributed by atoms with E-state index in [1.807, 2.05) is 0 Å². The van der Waals surface area contributed by atoms with Gasteiger partial charge in [-0.1, -0.05) is 84.5 Å². The largest absolute Gasteiger partial charge is 0.481 e. The Hall–Kier alpha value is -0.530. The van der Waals surface area contributed by atoms with Crippen molar-refractivity contribution < 1.29 is 9.90 Å². The van der Waals surface area contributed by atoms with Crippen molar-refractivity contribution >= 4 is 5.97 Å². The van der Waals surface area contributed by atoms with E-state index in [1.165, 1.54) is 64.2 Å². The van der Waals surface area contributed by atoms with Crippen LogP contribution in [0.15, 0.2) is 0 Å². The standard InChI is InChI=1S/C17H33O2/c1-16(2)14-12-10-8-6-4-3-5-7-9-11-13-15-17(18)19/h16H,1,3-15H2,2H3,(H,18,19). The highest BCUT2D eigenvalue weighted by molar-refractivity contribution is 5.66. The number of unbranched alkanes of at least 4 members (excludes halogenated alkanes) is 10. The molecule has 0 aromatic rings. The molecule has 1 radical (unpaired) electrons. The molecule has 0 saturated heterocycles. The monoisotopic (exact) mass is 269 g/mol. The first-order valence-electron chi connectivity index (χ1n) is 8.18. The van der Waals surface area contributed by atoms with E-state index in [2.05, 4.69) is 13.8 Å². The average Bonchev–Trinajstić information content (AvgIpc) is 2.34. The topological polar surface area (TPSA) is 37.3 Å². The van der Waals surface area contributed by atoms with Gasteiger partial charge in [0.2, 0.25) is 0 Å². The van der Waals surface area contributed by atoms with Gasteiger partial charge in [-0.05, 0) is 12.3 Å². The summed E-state index contributed by atoms with van der Waals surface area (Å²) in [7, 11) is 0. The zero-order chi connectivity index (χ0) is 14.3. The number of carbonyl (C=O) groups is 1. The van der Waals surface area contributed by atoms with Crippen LogP contribution in [0, 0.1) is 12.8 Å². The fourth-order valence-electron chi connectivity index (χ4n) is 2.36. The van der Waals surface area contributed by atoms with Gasteiger partial charge in [0.05, 0.1) is 0 Å². The van der Waals surface area contributed by atoms with Crippen LogP contribution in [0.1, 0.15) is 90.4 Å². The molecule has 0 aliphatic carbocycles. The third-order valence-corrected chi connectivity index (χ3v) is 3.59. The summed E-state index contributed by atoms with van der Waals surface area (Å²) in [5.41, 5.74) is 0. The van der Waals surface area contributed by atoms with Gasteiger partial charge in [-0.15, -0.1) is 0 Å². The van der Waals surface area contributed by atoms with Crippen molar-refractivity contribution in [3.8, 4) is 0 Å². The molecule has 0 heterocycles. The molecule has 0 saturated carbocycles. The summed E-state index contributed by atoms with van der Waals surface area (Å²) < 4.78 is 0. The van der Waals surface area contributed by atoms with Gasteiger partial charge in [-0.25, -0.2) is 0 Å². The van der Waals surface area contributed by atoms with E-state index in [0.717, 1.165) is 12.8 Å².